The lowest BCUT2D eigenvalue weighted by molar-refractivity contribution is 1.02. The van der Waals surface area contributed by atoms with E-state index in [0.29, 0.717) is 0 Å². The summed E-state index contributed by atoms with van der Waals surface area (Å²) in [7, 11) is 0. The molecule has 0 aromatic carbocycles. The normalized spacial score (nSPS) is 17.6. The van der Waals surface area contributed by atoms with Gasteiger partial charge in [0.05, 0.1) is 5.69 Å². The SMILES string of the molecule is CSc1cc(C)nc2c1CC1=C2CCC=C1. The van der Waals surface area contributed by atoms with Crippen LogP contribution in [0.2, 0.25) is 0 Å². The van der Waals surface area contributed by atoms with E-state index in [1.165, 1.54) is 40.1 Å². The van der Waals surface area contributed by atoms with Gasteiger partial charge in [-0.1, -0.05) is 12.2 Å². The van der Waals surface area contributed by atoms with Gasteiger partial charge in [0, 0.05) is 17.0 Å². The van der Waals surface area contributed by atoms with Crippen LogP contribution in [0.4, 0.5) is 0 Å². The van der Waals surface area contributed by atoms with Crippen molar-refractivity contribution in [2.75, 3.05) is 6.26 Å². The topological polar surface area (TPSA) is 12.9 Å². The second-order valence-electron chi connectivity index (χ2n) is 4.41. The molecule has 1 heterocycles. The summed E-state index contributed by atoms with van der Waals surface area (Å²) in [5.41, 5.74) is 6.87. The molecule has 0 amide bonds. The molecule has 2 aliphatic rings. The Kier molecular flexibility index (Phi) is 2.40. The van der Waals surface area contributed by atoms with Crippen molar-refractivity contribution < 1.29 is 0 Å². The number of pyridine rings is 1. The molecular formula is C14H15NS. The molecule has 0 saturated carbocycles. The Bertz CT molecular complexity index is 512. The van der Waals surface area contributed by atoms with Gasteiger partial charge in [0.1, 0.15) is 0 Å². The molecule has 1 aromatic rings. The summed E-state index contributed by atoms with van der Waals surface area (Å²) in [5.74, 6) is 0. The first-order valence-corrected chi connectivity index (χ1v) is 6.95. The number of fused-ring (bicyclic) bond motifs is 2. The van der Waals surface area contributed by atoms with Crippen LogP contribution >= 0.6 is 11.8 Å². The highest BCUT2D eigenvalue weighted by Crippen LogP contribution is 2.41. The largest absolute Gasteiger partial charge is 0.253 e. The second kappa shape index (κ2) is 3.77. The highest BCUT2D eigenvalue weighted by molar-refractivity contribution is 7.98. The maximum atomic E-state index is 4.74. The summed E-state index contributed by atoms with van der Waals surface area (Å²) >= 11 is 1.84. The van der Waals surface area contributed by atoms with Crippen molar-refractivity contribution in [1.82, 2.24) is 4.98 Å². The third kappa shape index (κ3) is 1.44. The first-order valence-electron chi connectivity index (χ1n) is 5.73. The Morgan fingerprint density at radius 2 is 2.25 bits per heavy atom. The van der Waals surface area contributed by atoms with Crippen LogP contribution in [-0.2, 0) is 6.42 Å². The van der Waals surface area contributed by atoms with Crippen LogP contribution in [0.5, 0.6) is 0 Å². The van der Waals surface area contributed by atoms with Crippen molar-refractivity contribution in [2.45, 2.75) is 31.1 Å². The quantitative estimate of drug-likeness (QED) is 0.680. The van der Waals surface area contributed by atoms with Crippen molar-refractivity contribution in [2.24, 2.45) is 0 Å². The van der Waals surface area contributed by atoms with E-state index in [1.807, 2.05) is 11.8 Å². The van der Waals surface area contributed by atoms with Gasteiger partial charge in [-0.2, -0.15) is 0 Å². The molecule has 0 radical (unpaired) electrons. The van der Waals surface area contributed by atoms with Gasteiger partial charge in [-0.15, -0.1) is 11.8 Å². The van der Waals surface area contributed by atoms with Crippen LogP contribution < -0.4 is 0 Å². The maximum absolute atomic E-state index is 4.74. The number of thioether (sulfide) groups is 1. The lowest BCUT2D eigenvalue weighted by Crippen LogP contribution is -1.95. The van der Waals surface area contributed by atoms with E-state index in [9.17, 15) is 0 Å². The summed E-state index contributed by atoms with van der Waals surface area (Å²) in [6.45, 7) is 2.09. The Hall–Kier alpha value is -1.02. The third-order valence-corrected chi connectivity index (χ3v) is 4.16. The predicted molar refractivity (Wildman–Crippen MR) is 69.8 cm³/mol. The molecule has 3 rings (SSSR count). The predicted octanol–water partition coefficient (Wildman–Crippen LogP) is 3.77. The van der Waals surface area contributed by atoms with Gasteiger partial charge >= 0.3 is 0 Å². The fourth-order valence-corrected chi connectivity index (χ4v) is 3.32. The first kappa shape index (κ1) is 10.2. The van der Waals surface area contributed by atoms with Gasteiger partial charge in [-0.05, 0) is 48.8 Å². The molecule has 0 fully saturated rings. The van der Waals surface area contributed by atoms with Crippen LogP contribution in [0.15, 0.2) is 28.7 Å². The minimum atomic E-state index is 1.09. The van der Waals surface area contributed by atoms with Gasteiger partial charge in [-0.25, -0.2) is 0 Å². The standard InChI is InChI=1S/C14H15NS/c1-9-7-13(16-2)12-8-10-5-3-4-6-11(10)14(12)15-9/h3,5,7H,4,6,8H2,1-2H3. The zero-order valence-corrected chi connectivity index (χ0v) is 10.5. The van der Waals surface area contributed by atoms with Crippen LogP contribution in [0, 0.1) is 6.92 Å². The highest BCUT2D eigenvalue weighted by atomic mass is 32.2. The van der Waals surface area contributed by atoms with Crippen molar-refractivity contribution in [3.05, 3.63) is 40.7 Å². The van der Waals surface area contributed by atoms with Gasteiger partial charge in [0.25, 0.3) is 0 Å². The highest BCUT2D eigenvalue weighted by Gasteiger charge is 2.25. The summed E-state index contributed by atoms with van der Waals surface area (Å²) in [6.07, 6.45) is 10.2. The third-order valence-electron chi connectivity index (χ3n) is 3.35. The van der Waals surface area contributed by atoms with Crippen molar-refractivity contribution in [3.8, 4) is 0 Å². The van der Waals surface area contributed by atoms with Gasteiger partial charge < -0.3 is 0 Å². The fraction of sp³-hybridized carbons (Fsp3) is 0.357. The minimum absolute atomic E-state index is 1.09. The zero-order valence-electron chi connectivity index (χ0n) is 9.71. The van der Waals surface area contributed by atoms with Crippen molar-refractivity contribution >= 4 is 17.3 Å². The first-order chi connectivity index (χ1) is 7.79. The van der Waals surface area contributed by atoms with Gasteiger partial charge in [0.2, 0.25) is 0 Å². The zero-order chi connectivity index (χ0) is 11.1. The Balaban J connectivity index is 2.18. The summed E-state index contributed by atoms with van der Waals surface area (Å²) < 4.78 is 0. The number of rotatable bonds is 1. The molecule has 0 atom stereocenters. The van der Waals surface area contributed by atoms with E-state index in [-0.39, 0.29) is 0 Å². The molecule has 0 N–H and O–H groups in total. The number of nitrogens with zero attached hydrogens (tertiary/aromatic N) is 1. The van der Waals surface area contributed by atoms with E-state index >= 15 is 0 Å². The Morgan fingerprint density at radius 1 is 1.38 bits per heavy atom. The summed E-state index contributed by atoms with van der Waals surface area (Å²) in [6, 6.07) is 2.21. The number of hydrogen-bond acceptors (Lipinski definition) is 2. The van der Waals surface area contributed by atoms with Crippen molar-refractivity contribution in [3.63, 3.8) is 0 Å². The second-order valence-corrected chi connectivity index (χ2v) is 5.26. The molecule has 1 nitrogen and oxygen atoms in total. The summed E-state index contributed by atoms with van der Waals surface area (Å²) in [5, 5.41) is 0. The molecule has 2 heteroatoms. The van der Waals surface area contributed by atoms with Crippen molar-refractivity contribution in [1.29, 1.82) is 0 Å². The average Bonchev–Trinajstić information content (AvgIpc) is 2.67. The molecular weight excluding hydrogens is 214 g/mol. The molecule has 0 saturated heterocycles. The van der Waals surface area contributed by atoms with Gasteiger partial charge in [0.15, 0.2) is 0 Å². The molecule has 0 bridgehead atoms. The van der Waals surface area contributed by atoms with E-state index in [2.05, 4.69) is 31.4 Å². The number of aryl methyl sites for hydroxylation is 1. The molecule has 2 aliphatic carbocycles. The minimum Gasteiger partial charge on any atom is -0.253 e. The van der Waals surface area contributed by atoms with E-state index in [1.54, 1.807) is 0 Å². The van der Waals surface area contributed by atoms with E-state index in [4.69, 9.17) is 4.98 Å². The lowest BCUT2D eigenvalue weighted by Gasteiger charge is -2.10. The molecule has 0 unspecified atom stereocenters. The number of aromatic nitrogens is 1. The molecule has 0 aliphatic heterocycles. The number of hydrogen-bond donors (Lipinski definition) is 0. The maximum Gasteiger partial charge on any atom is 0.0714 e. The van der Waals surface area contributed by atoms with Crippen LogP contribution in [0.3, 0.4) is 0 Å². The molecule has 16 heavy (non-hydrogen) atoms. The Labute approximate surface area is 101 Å². The Morgan fingerprint density at radius 3 is 3.06 bits per heavy atom. The monoisotopic (exact) mass is 229 g/mol. The smallest absolute Gasteiger partial charge is 0.0714 e. The molecule has 1 aromatic heterocycles. The van der Waals surface area contributed by atoms with E-state index < -0.39 is 0 Å². The van der Waals surface area contributed by atoms with Crippen LogP contribution in [0.1, 0.15) is 29.8 Å². The van der Waals surface area contributed by atoms with Crippen LogP contribution in [-0.4, -0.2) is 11.2 Å². The van der Waals surface area contributed by atoms with Crippen LogP contribution in [0.25, 0.3) is 5.57 Å². The number of allylic oxidation sites excluding steroid dienone is 4. The van der Waals surface area contributed by atoms with E-state index in [0.717, 1.165) is 12.1 Å². The fourth-order valence-electron chi connectivity index (χ4n) is 2.61. The average molecular weight is 229 g/mol. The van der Waals surface area contributed by atoms with Gasteiger partial charge in [-0.3, -0.25) is 4.98 Å². The molecule has 0 spiro atoms. The summed E-state index contributed by atoms with van der Waals surface area (Å²) in [4.78, 5) is 6.15. The lowest BCUT2D eigenvalue weighted by atomic mass is 9.99. The molecule has 82 valence electrons.